The third kappa shape index (κ3) is 2.56. The Morgan fingerprint density at radius 1 is 1.41 bits per heavy atom. The summed E-state index contributed by atoms with van der Waals surface area (Å²) in [6.45, 7) is 3.41. The predicted molar refractivity (Wildman–Crippen MR) is 67.1 cm³/mol. The minimum atomic E-state index is -0.772. The largest absolute Gasteiger partial charge is 0.384 e. The van der Waals surface area contributed by atoms with Gasteiger partial charge < -0.3 is 10.4 Å². The van der Waals surface area contributed by atoms with Gasteiger partial charge in [-0.2, -0.15) is 0 Å². The first-order valence-electron chi connectivity index (χ1n) is 6.22. The third-order valence-electron chi connectivity index (χ3n) is 3.43. The Morgan fingerprint density at radius 2 is 2.12 bits per heavy atom. The Balaban J connectivity index is 2.19. The molecule has 0 saturated carbocycles. The van der Waals surface area contributed by atoms with Crippen LogP contribution in [0.4, 0.5) is 0 Å². The molecule has 0 aromatic heterocycles. The van der Waals surface area contributed by atoms with Crippen LogP contribution in [-0.4, -0.2) is 24.0 Å². The number of aliphatic hydroxyl groups is 1. The Kier molecular flexibility index (Phi) is 3.60. The summed E-state index contributed by atoms with van der Waals surface area (Å²) in [5, 5.41) is 13.7. The van der Waals surface area contributed by atoms with Crippen LogP contribution in [0.1, 0.15) is 42.1 Å². The molecule has 17 heavy (non-hydrogen) atoms. The molecule has 0 spiro atoms. The minimum Gasteiger partial charge on any atom is -0.384 e. The van der Waals surface area contributed by atoms with E-state index in [4.69, 9.17) is 0 Å². The Morgan fingerprint density at radius 3 is 2.65 bits per heavy atom. The molecule has 1 aliphatic heterocycles. The fraction of sp³-hybridized carbons (Fsp3) is 0.500. The maximum atomic E-state index is 11.5. The molecule has 1 unspecified atom stereocenters. The number of carbonyl (C=O) groups excluding carboxylic acids is 1. The van der Waals surface area contributed by atoms with Gasteiger partial charge in [-0.05, 0) is 24.9 Å². The summed E-state index contributed by atoms with van der Waals surface area (Å²) in [5.41, 5.74) is 0.854. The number of hydrogen-bond donors (Lipinski definition) is 2. The van der Waals surface area contributed by atoms with E-state index in [0.717, 1.165) is 30.5 Å². The van der Waals surface area contributed by atoms with Gasteiger partial charge in [0.1, 0.15) is 5.60 Å². The van der Waals surface area contributed by atoms with Crippen LogP contribution in [-0.2, 0) is 5.60 Å². The zero-order chi connectivity index (χ0) is 12.3. The van der Waals surface area contributed by atoms with Gasteiger partial charge in [0.25, 0.3) is 0 Å². The smallest absolute Gasteiger partial charge is 0.162 e. The monoisotopic (exact) mass is 233 g/mol. The SMILES string of the molecule is CCC(=O)c1ccc(C2(O)CCCNC2)cc1. The summed E-state index contributed by atoms with van der Waals surface area (Å²) in [6, 6.07) is 7.37. The van der Waals surface area contributed by atoms with E-state index in [0.29, 0.717) is 13.0 Å². The molecule has 1 atom stereocenters. The molecule has 3 heteroatoms. The Bertz CT molecular complexity index is 391. The van der Waals surface area contributed by atoms with Crippen molar-refractivity contribution < 1.29 is 9.90 Å². The van der Waals surface area contributed by atoms with E-state index in [9.17, 15) is 9.90 Å². The zero-order valence-electron chi connectivity index (χ0n) is 10.2. The lowest BCUT2D eigenvalue weighted by atomic mass is 9.86. The highest BCUT2D eigenvalue weighted by molar-refractivity contribution is 5.95. The molecule has 2 rings (SSSR count). The van der Waals surface area contributed by atoms with E-state index in [1.165, 1.54) is 0 Å². The van der Waals surface area contributed by atoms with E-state index in [1.807, 2.05) is 31.2 Å². The maximum absolute atomic E-state index is 11.5. The summed E-state index contributed by atoms with van der Waals surface area (Å²) >= 11 is 0. The Hall–Kier alpha value is -1.19. The van der Waals surface area contributed by atoms with Crippen molar-refractivity contribution in [1.29, 1.82) is 0 Å². The molecule has 1 heterocycles. The molecule has 1 aromatic carbocycles. The van der Waals surface area contributed by atoms with Crippen LogP contribution < -0.4 is 5.32 Å². The van der Waals surface area contributed by atoms with Gasteiger partial charge >= 0.3 is 0 Å². The van der Waals surface area contributed by atoms with Crippen LogP contribution in [0.25, 0.3) is 0 Å². The van der Waals surface area contributed by atoms with Crippen molar-refractivity contribution in [1.82, 2.24) is 5.32 Å². The van der Waals surface area contributed by atoms with E-state index < -0.39 is 5.60 Å². The van der Waals surface area contributed by atoms with Gasteiger partial charge in [0.05, 0.1) is 0 Å². The van der Waals surface area contributed by atoms with Crippen molar-refractivity contribution in [3.63, 3.8) is 0 Å². The number of ketones is 1. The molecule has 92 valence electrons. The predicted octanol–water partition coefficient (Wildman–Crippen LogP) is 1.85. The second-order valence-corrected chi connectivity index (χ2v) is 4.67. The van der Waals surface area contributed by atoms with Gasteiger partial charge in [-0.25, -0.2) is 0 Å². The summed E-state index contributed by atoms with van der Waals surface area (Å²) in [7, 11) is 0. The van der Waals surface area contributed by atoms with Gasteiger partial charge in [0.2, 0.25) is 0 Å². The number of β-amino-alcohol motifs (C(OH)–C–C–N with tert-alkyl or cyclic N) is 1. The van der Waals surface area contributed by atoms with Crippen molar-refractivity contribution in [2.75, 3.05) is 13.1 Å². The first-order chi connectivity index (χ1) is 8.15. The van der Waals surface area contributed by atoms with E-state index in [-0.39, 0.29) is 5.78 Å². The number of hydrogen-bond acceptors (Lipinski definition) is 3. The van der Waals surface area contributed by atoms with Gasteiger partial charge in [-0.1, -0.05) is 31.2 Å². The average molecular weight is 233 g/mol. The van der Waals surface area contributed by atoms with Crippen molar-refractivity contribution in [3.05, 3.63) is 35.4 Å². The highest BCUT2D eigenvalue weighted by Gasteiger charge is 2.30. The second kappa shape index (κ2) is 4.98. The minimum absolute atomic E-state index is 0.144. The standard InChI is InChI=1S/C14H19NO2/c1-2-13(16)11-4-6-12(7-5-11)14(17)8-3-9-15-10-14/h4-7,15,17H,2-3,8-10H2,1H3. The van der Waals surface area contributed by atoms with Gasteiger partial charge in [-0.3, -0.25) is 4.79 Å². The third-order valence-corrected chi connectivity index (χ3v) is 3.43. The van der Waals surface area contributed by atoms with Crippen LogP contribution in [0, 0.1) is 0 Å². The van der Waals surface area contributed by atoms with Crippen molar-refractivity contribution in [2.45, 2.75) is 31.8 Å². The molecule has 0 aliphatic carbocycles. The zero-order valence-corrected chi connectivity index (χ0v) is 10.2. The highest BCUT2D eigenvalue weighted by Crippen LogP contribution is 2.28. The number of rotatable bonds is 3. The topological polar surface area (TPSA) is 49.3 Å². The van der Waals surface area contributed by atoms with Gasteiger partial charge in [0, 0.05) is 18.5 Å². The molecular formula is C14H19NO2. The molecule has 0 bridgehead atoms. The number of carbonyl (C=O) groups is 1. The van der Waals surface area contributed by atoms with Gasteiger partial charge in [-0.15, -0.1) is 0 Å². The van der Waals surface area contributed by atoms with Crippen molar-refractivity contribution in [2.24, 2.45) is 0 Å². The van der Waals surface area contributed by atoms with Crippen LogP contribution in [0.2, 0.25) is 0 Å². The number of Topliss-reactive ketones (excluding diaryl/α,β-unsaturated/α-hetero) is 1. The average Bonchev–Trinajstić information content (AvgIpc) is 2.39. The van der Waals surface area contributed by atoms with E-state index >= 15 is 0 Å². The quantitative estimate of drug-likeness (QED) is 0.783. The summed E-state index contributed by atoms with van der Waals surface area (Å²) in [6.07, 6.45) is 2.28. The molecule has 1 fully saturated rings. The molecule has 0 amide bonds. The number of nitrogens with one attached hydrogen (secondary N) is 1. The van der Waals surface area contributed by atoms with Crippen LogP contribution in [0.15, 0.2) is 24.3 Å². The molecule has 1 aliphatic rings. The fourth-order valence-electron chi connectivity index (χ4n) is 2.31. The lowest BCUT2D eigenvalue weighted by Gasteiger charge is -2.33. The molecule has 1 saturated heterocycles. The normalized spacial score (nSPS) is 24.6. The van der Waals surface area contributed by atoms with Crippen molar-refractivity contribution in [3.8, 4) is 0 Å². The highest BCUT2D eigenvalue weighted by atomic mass is 16.3. The molecule has 2 N–H and O–H groups in total. The molecule has 1 aromatic rings. The first-order valence-corrected chi connectivity index (χ1v) is 6.22. The second-order valence-electron chi connectivity index (χ2n) is 4.67. The summed E-state index contributed by atoms with van der Waals surface area (Å²) < 4.78 is 0. The maximum Gasteiger partial charge on any atom is 0.162 e. The lowest BCUT2D eigenvalue weighted by Crippen LogP contribution is -2.43. The molecule has 3 nitrogen and oxygen atoms in total. The van der Waals surface area contributed by atoms with Crippen molar-refractivity contribution >= 4 is 5.78 Å². The Labute approximate surface area is 102 Å². The van der Waals surface area contributed by atoms with Gasteiger partial charge in [0.15, 0.2) is 5.78 Å². The number of benzene rings is 1. The number of piperidine rings is 1. The van der Waals surface area contributed by atoms with E-state index in [1.54, 1.807) is 0 Å². The summed E-state index contributed by atoms with van der Waals surface area (Å²) in [4.78, 5) is 11.5. The molecule has 0 radical (unpaired) electrons. The first kappa shape index (κ1) is 12.3. The fourth-order valence-corrected chi connectivity index (χ4v) is 2.31. The van der Waals surface area contributed by atoms with E-state index in [2.05, 4.69) is 5.32 Å². The van der Waals surface area contributed by atoms with Crippen LogP contribution >= 0.6 is 0 Å². The van der Waals surface area contributed by atoms with Crippen LogP contribution in [0.5, 0.6) is 0 Å². The van der Waals surface area contributed by atoms with Crippen LogP contribution in [0.3, 0.4) is 0 Å². The summed E-state index contributed by atoms with van der Waals surface area (Å²) in [5.74, 6) is 0.144. The lowest BCUT2D eigenvalue weighted by molar-refractivity contribution is 0.0123. The molecular weight excluding hydrogens is 214 g/mol.